The Labute approximate surface area is 137 Å². The van der Waals surface area contributed by atoms with Gasteiger partial charge in [-0.15, -0.1) is 0 Å². The van der Waals surface area contributed by atoms with E-state index in [1.165, 1.54) is 40.9 Å². The van der Waals surface area contributed by atoms with Crippen molar-refractivity contribution in [2.45, 2.75) is 38.6 Å². The molecule has 1 saturated heterocycles. The van der Waals surface area contributed by atoms with Crippen LogP contribution in [0, 0.1) is 6.92 Å². The summed E-state index contributed by atoms with van der Waals surface area (Å²) in [5, 5.41) is 7.71. The molecule has 0 radical (unpaired) electrons. The largest absolute Gasteiger partial charge is 0.379 e. The van der Waals surface area contributed by atoms with Crippen LogP contribution in [0.3, 0.4) is 0 Å². The van der Waals surface area contributed by atoms with E-state index >= 15 is 0 Å². The Balaban J connectivity index is 1.57. The lowest BCUT2D eigenvalue weighted by Gasteiger charge is -2.32. The number of hydrogen-bond acceptors (Lipinski definition) is 3. The maximum absolute atomic E-state index is 5.46. The zero-order chi connectivity index (χ0) is 15.8. The van der Waals surface area contributed by atoms with Gasteiger partial charge in [0.25, 0.3) is 0 Å². The second-order valence-corrected chi connectivity index (χ2v) is 6.83. The third-order valence-corrected chi connectivity index (χ3v) is 5.21. The summed E-state index contributed by atoms with van der Waals surface area (Å²) < 4.78 is 5.46. The highest BCUT2D eigenvalue weighted by Gasteiger charge is 2.30. The van der Waals surface area contributed by atoms with Crippen LogP contribution in [0.25, 0.3) is 11.1 Å². The first-order chi connectivity index (χ1) is 11.2. The van der Waals surface area contributed by atoms with Gasteiger partial charge in [0.2, 0.25) is 0 Å². The number of nitrogens with one attached hydrogen (secondary N) is 1. The van der Waals surface area contributed by atoms with Gasteiger partial charge in [0.15, 0.2) is 0 Å². The summed E-state index contributed by atoms with van der Waals surface area (Å²) in [6.45, 7) is 8.16. The standard InChI is InChI=1S/C19H25N3O/c1-13-18(19(21-20-13)17-7-8-17)16-5-3-15(4-6-16)14(2)22-9-11-23-12-10-22/h3-6,14,17H,7-12H2,1-2H3,(H,20,21)/t14-/m0/s1. The van der Waals surface area contributed by atoms with E-state index in [1.54, 1.807) is 0 Å². The van der Waals surface area contributed by atoms with E-state index in [9.17, 15) is 0 Å². The average molecular weight is 311 g/mol. The predicted octanol–water partition coefficient (Wildman–Crippen LogP) is 3.66. The number of H-pyrrole nitrogens is 1. The molecule has 0 bridgehead atoms. The van der Waals surface area contributed by atoms with Crippen molar-refractivity contribution < 1.29 is 4.74 Å². The summed E-state index contributed by atoms with van der Waals surface area (Å²) in [6, 6.07) is 9.52. The Morgan fingerprint density at radius 2 is 1.87 bits per heavy atom. The number of aromatic amines is 1. The fourth-order valence-corrected chi connectivity index (χ4v) is 3.57. The molecule has 0 unspecified atom stereocenters. The highest BCUT2D eigenvalue weighted by atomic mass is 16.5. The van der Waals surface area contributed by atoms with Crippen molar-refractivity contribution in [3.8, 4) is 11.1 Å². The molecule has 4 heteroatoms. The first kappa shape index (κ1) is 14.9. The minimum absolute atomic E-state index is 0.446. The molecule has 23 heavy (non-hydrogen) atoms. The molecular formula is C19H25N3O. The van der Waals surface area contributed by atoms with Crippen molar-refractivity contribution in [1.29, 1.82) is 0 Å². The molecule has 1 aromatic carbocycles. The highest BCUT2D eigenvalue weighted by Crippen LogP contribution is 2.44. The Morgan fingerprint density at radius 3 is 2.52 bits per heavy atom. The third-order valence-electron chi connectivity index (χ3n) is 5.21. The lowest BCUT2D eigenvalue weighted by molar-refractivity contribution is 0.0198. The van der Waals surface area contributed by atoms with Crippen molar-refractivity contribution in [2.24, 2.45) is 0 Å². The van der Waals surface area contributed by atoms with Gasteiger partial charge in [0, 0.05) is 36.3 Å². The molecule has 2 fully saturated rings. The molecule has 1 N–H and O–H groups in total. The van der Waals surface area contributed by atoms with E-state index in [4.69, 9.17) is 4.74 Å². The summed E-state index contributed by atoms with van der Waals surface area (Å²) >= 11 is 0. The predicted molar refractivity (Wildman–Crippen MR) is 91.5 cm³/mol. The van der Waals surface area contributed by atoms with Gasteiger partial charge >= 0.3 is 0 Å². The van der Waals surface area contributed by atoms with Gasteiger partial charge in [-0.25, -0.2) is 0 Å². The summed E-state index contributed by atoms with van der Waals surface area (Å²) in [6.07, 6.45) is 2.56. The van der Waals surface area contributed by atoms with Gasteiger partial charge in [-0.1, -0.05) is 24.3 Å². The smallest absolute Gasteiger partial charge is 0.0734 e. The van der Waals surface area contributed by atoms with Crippen LogP contribution in [0.2, 0.25) is 0 Å². The van der Waals surface area contributed by atoms with Gasteiger partial charge < -0.3 is 4.74 Å². The number of aromatic nitrogens is 2. The molecule has 2 heterocycles. The van der Waals surface area contributed by atoms with Crippen LogP contribution in [0.5, 0.6) is 0 Å². The molecule has 1 saturated carbocycles. The summed E-state index contributed by atoms with van der Waals surface area (Å²) in [5.74, 6) is 0.668. The van der Waals surface area contributed by atoms with Gasteiger partial charge in [-0.05, 0) is 37.8 Å². The number of aryl methyl sites for hydroxylation is 1. The fraction of sp³-hybridized carbons (Fsp3) is 0.526. The normalized spacial score (nSPS) is 20.6. The first-order valence-corrected chi connectivity index (χ1v) is 8.71. The highest BCUT2D eigenvalue weighted by molar-refractivity contribution is 5.69. The average Bonchev–Trinajstić information content (AvgIpc) is 3.38. The van der Waals surface area contributed by atoms with Crippen LogP contribution in [-0.2, 0) is 4.74 Å². The van der Waals surface area contributed by atoms with E-state index in [1.807, 2.05) is 0 Å². The van der Waals surface area contributed by atoms with Crippen LogP contribution >= 0.6 is 0 Å². The lowest BCUT2D eigenvalue weighted by Crippen LogP contribution is -2.37. The molecule has 4 rings (SSSR count). The quantitative estimate of drug-likeness (QED) is 0.937. The Morgan fingerprint density at radius 1 is 1.17 bits per heavy atom. The minimum atomic E-state index is 0.446. The molecular weight excluding hydrogens is 286 g/mol. The molecule has 1 aliphatic carbocycles. The van der Waals surface area contributed by atoms with Crippen LogP contribution < -0.4 is 0 Å². The molecule has 1 aromatic heterocycles. The second kappa shape index (κ2) is 6.10. The molecule has 4 nitrogen and oxygen atoms in total. The number of morpholine rings is 1. The van der Waals surface area contributed by atoms with E-state index in [-0.39, 0.29) is 0 Å². The van der Waals surface area contributed by atoms with E-state index in [0.717, 1.165) is 26.3 Å². The Bertz CT molecular complexity index is 666. The van der Waals surface area contributed by atoms with E-state index in [0.29, 0.717) is 12.0 Å². The number of benzene rings is 1. The topological polar surface area (TPSA) is 41.2 Å². The van der Waals surface area contributed by atoms with Crippen LogP contribution in [0.15, 0.2) is 24.3 Å². The van der Waals surface area contributed by atoms with E-state index in [2.05, 4.69) is 53.2 Å². The zero-order valence-corrected chi connectivity index (χ0v) is 14.0. The van der Waals surface area contributed by atoms with E-state index < -0.39 is 0 Å². The van der Waals surface area contributed by atoms with Gasteiger partial charge in [-0.3, -0.25) is 10.00 Å². The Kier molecular flexibility index (Phi) is 3.95. The summed E-state index contributed by atoms with van der Waals surface area (Å²) in [4.78, 5) is 2.50. The third kappa shape index (κ3) is 2.93. The molecule has 0 spiro atoms. The maximum atomic E-state index is 5.46. The van der Waals surface area contributed by atoms with Crippen molar-refractivity contribution >= 4 is 0 Å². The fourth-order valence-electron chi connectivity index (χ4n) is 3.57. The monoisotopic (exact) mass is 311 g/mol. The number of ether oxygens (including phenoxy) is 1. The zero-order valence-electron chi connectivity index (χ0n) is 14.0. The van der Waals surface area contributed by atoms with Crippen LogP contribution in [-0.4, -0.2) is 41.4 Å². The number of nitrogens with zero attached hydrogens (tertiary/aromatic N) is 2. The first-order valence-electron chi connectivity index (χ1n) is 8.71. The van der Waals surface area contributed by atoms with Crippen LogP contribution in [0.1, 0.15) is 48.7 Å². The van der Waals surface area contributed by atoms with Crippen molar-refractivity contribution in [3.63, 3.8) is 0 Å². The number of rotatable bonds is 4. The Hall–Kier alpha value is -1.65. The van der Waals surface area contributed by atoms with Crippen molar-refractivity contribution in [1.82, 2.24) is 15.1 Å². The second-order valence-electron chi connectivity index (χ2n) is 6.83. The SMILES string of the molecule is Cc1[nH]nc(C2CC2)c1-c1ccc([C@H](C)N2CCOCC2)cc1. The number of hydrogen-bond donors (Lipinski definition) is 1. The van der Waals surface area contributed by atoms with Gasteiger partial charge in [0.1, 0.15) is 0 Å². The molecule has 1 atom stereocenters. The van der Waals surface area contributed by atoms with Crippen molar-refractivity contribution in [3.05, 3.63) is 41.2 Å². The molecule has 2 aliphatic rings. The minimum Gasteiger partial charge on any atom is -0.379 e. The molecule has 1 aliphatic heterocycles. The summed E-state index contributed by atoms with van der Waals surface area (Å²) in [5.41, 5.74) is 6.43. The molecule has 2 aromatic rings. The van der Waals surface area contributed by atoms with Crippen LogP contribution in [0.4, 0.5) is 0 Å². The van der Waals surface area contributed by atoms with Gasteiger partial charge in [0.05, 0.1) is 18.9 Å². The lowest BCUT2D eigenvalue weighted by atomic mass is 9.98. The van der Waals surface area contributed by atoms with Gasteiger partial charge in [-0.2, -0.15) is 5.10 Å². The molecule has 122 valence electrons. The molecule has 0 amide bonds. The van der Waals surface area contributed by atoms with Crippen molar-refractivity contribution in [2.75, 3.05) is 26.3 Å². The summed E-state index contributed by atoms with van der Waals surface area (Å²) in [7, 11) is 0. The maximum Gasteiger partial charge on any atom is 0.0734 e.